The van der Waals surface area contributed by atoms with E-state index < -0.39 is 0 Å². The summed E-state index contributed by atoms with van der Waals surface area (Å²) in [5.41, 5.74) is 2.07. The summed E-state index contributed by atoms with van der Waals surface area (Å²) in [4.78, 5) is 17.8. The van der Waals surface area contributed by atoms with Crippen LogP contribution in [0, 0.1) is 6.92 Å². The Hall–Kier alpha value is -4.13. The molecule has 0 aliphatic heterocycles. The van der Waals surface area contributed by atoms with E-state index in [1.165, 1.54) is 4.68 Å². The number of hydrogen-bond donors (Lipinski definition) is 0. The summed E-state index contributed by atoms with van der Waals surface area (Å²) in [6, 6.07) is 20.3. The van der Waals surface area contributed by atoms with Gasteiger partial charge in [0.25, 0.3) is 5.56 Å². The molecule has 4 aromatic rings. The summed E-state index contributed by atoms with van der Waals surface area (Å²) in [6.07, 6.45) is 1.58. The second-order valence-corrected chi connectivity index (χ2v) is 7.08. The lowest BCUT2D eigenvalue weighted by Crippen LogP contribution is -2.23. The Morgan fingerprint density at radius 3 is 2.47 bits per heavy atom. The molecule has 0 saturated heterocycles. The second-order valence-electron chi connectivity index (χ2n) is 7.08. The number of rotatable bonds is 7. The van der Waals surface area contributed by atoms with Gasteiger partial charge >= 0.3 is 0 Å². The zero-order valence-electron chi connectivity index (χ0n) is 18.1. The van der Waals surface area contributed by atoms with E-state index in [4.69, 9.17) is 14.2 Å². The largest absolute Gasteiger partial charge is 0.493 e. The molecule has 0 bridgehead atoms. The fraction of sp³-hybridized carbons (Fsp3) is 0.160. The zero-order valence-corrected chi connectivity index (χ0v) is 18.1. The normalized spacial score (nSPS) is 11.1. The number of methoxy groups -OCH3 is 2. The lowest BCUT2D eigenvalue weighted by atomic mass is 10.2. The van der Waals surface area contributed by atoms with Crippen LogP contribution in [0.25, 0.3) is 10.9 Å². The molecular weight excluding hydrogens is 406 g/mol. The van der Waals surface area contributed by atoms with Gasteiger partial charge in [-0.1, -0.05) is 30.3 Å². The molecule has 0 fully saturated rings. The fourth-order valence-corrected chi connectivity index (χ4v) is 3.30. The third kappa shape index (κ3) is 4.32. The van der Waals surface area contributed by atoms with Crippen LogP contribution in [0.5, 0.6) is 17.2 Å². The van der Waals surface area contributed by atoms with Crippen molar-refractivity contribution in [3.05, 3.63) is 94.0 Å². The van der Waals surface area contributed by atoms with Crippen molar-refractivity contribution in [3.63, 3.8) is 0 Å². The van der Waals surface area contributed by atoms with E-state index in [9.17, 15) is 4.79 Å². The van der Waals surface area contributed by atoms with Gasteiger partial charge in [0.1, 0.15) is 12.4 Å². The smallest absolute Gasteiger partial charge is 0.282 e. The molecule has 4 rings (SSSR count). The molecule has 32 heavy (non-hydrogen) atoms. The lowest BCUT2D eigenvalue weighted by molar-refractivity contribution is 0.287. The fourth-order valence-electron chi connectivity index (χ4n) is 3.30. The molecule has 0 amide bonds. The third-order valence-electron chi connectivity index (χ3n) is 5.00. The van der Waals surface area contributed by atoms with Crippen LogP contribution in [0.15, 0.2) is 76.6 Å². The Kier molecular flexibility index (Phi) is 6.17. The Labute approximate surface area is 185 Å². The molecule has 7 nitrogen and oxygen atoms in total. The first-order valence-electron chi connectivity index (χ1n) is 10.1. The van der Waals surface area contributed by atoms with Gasteiger partial charge in [0.2, 0.25) is 0 Å². The highest BCUT2D eigenvalue weighted by molar-refractivity contribution is 5.81. The predicted molar refractivity (Wildman–Crippen MR) is 124 cm³/mol. The zero-order chi connectivity index (χ0) is 22.5. The maximum Gasteiger partial charge on any atom is 0.282 e. The van der Waals surface area contributed by atoms with E-state index in [0.717, 1.165) is 16.9 Å². The molecule has 0 aliphatic carbocycles. The van der Waals surface area contributed by atoms with Gasteiger partial charge in [0, 0.05) is 0 Å². The Bertz CT molecular complexity index is 1340. The Balaban J connectivity index is 1.74. The van der Waals surface area contributed by atoms with Crippen LogP contribution in [-0.2, 0) is 6.61 Å². The quantitative estimate of drug-likeness (QED) is 0.412. The van der Waals surface area contributed by atoms with E-state index in [2.05, 4.69) is 10.1 Å². The van der Waals surface area contributed by atoms with Crippen molar-refractivity contribution in [1.29, 1.82) is 0 Å². The third-order valence-corrected chi connectivity index (χ3v) is 5.00. The average molecular weight is 429 g/mol. The van der Waals surface area contributed by atoms with Crippen LogP contribution < -0.4 is 19.8 Å². The van der Waals surface area contributed by atoms with Gasteiger partial charge in [0.15, 0.2) is 17.3 Å². The first-order chi connectivity index (χ1) is 15.6. The van der Waals surface area contributed by atoms with Crippen LogP contribution >= 0.6 is 0 Å². The van der Waals surface area contributed by atoms with Gasteiger partial charge in [-0.25, -0.2) is 4.98 Å². The van der Waals surface area contributed by atoms with Crippen molar-refractivity contribution in [2.75, 3.05) is 14.2 Å². The van der Waals surface area contributed by atoms with Crippen LogP contribution in [0.2, 0.25) is 0 Å². The molecule has 1 aromatic heterocycles. The maximum absolute atomic E-state index is 13.2. The number of aryl methyl sites for hydroxylation is 1. The average Bonchev–Trinajstić information content (AvgIpc) is 2.83. The van der Waals surface area contributed by atoms with Gasteiger partial charge in [-0.3, -0.25) is 4.79 Å². The van der Waals surface area contributed by atoms with Gasteiger partial charge in [0.05, 0.1) is 31.3 Å². The minimum absolute atomic E-state index is 0.0915. The molecule has 1 heterocycles. The summed E-state index contributed by atoms with van der Waals surface area (Å²) >= 11 is 0. The molecule has 162 valence electrons. The van der Waals surface area contributed by atoms with Crippen molar-refractivity contribution < 1.29 is 14.2 Å². The molecule has 0 unspecified atom stereocenters. The molecule has 3 aromatic carbocycles. The standard InChI is InChI=1S/C25H23N3O4/c1-17-8-4-7-11-21(17)32-16-24-27-20-10-6-5-9-19(20)25(29)28(24)26-15-18-12-13-22(30-2)23(14-18)31-3/h4-15H,16H2,1-3H3. The molecule has 0 atom stereocenters. The molecule has 0 saturated carbocycles. The second kappa shape index (κ2) is 9.34. The maximum atomic E-state index is 13.2. The highest BCUT2D eigenvalue weighted by atomic mass is 16.5. The highest BCUT2D eigenvalue weighted by Gasteiger charge is 2.12. The molecule has 0 radical (unpaired) electrons. The SMILES string of the molecule is COc1ccc(C=Nn2c(COc3ccccc3C)nc3ccccc3c2=O)cc1OC. The predicted octanol–water partition coefficient (Wildman–Crippen LogP) is 4.18. The van der Waals surface area contributed by atoms with Crippen molar-refractivity contribution >= 4 is 17.1 Å². The van der Waals surface area contributed by atoms with Crippen LogP contribution in [-0.4, -0.2) is 30.1 Å². The monoisotopic (exact) mass is 429 g/mol. The van der Waals surface area contributed by atoms with Crippen molar-refractivity contribution in [2.45, 2.75) is 13.5 Å². The Morgan fingerprint density at radius 2 is 1.69 bits per heavy atom. The first-order valence-corrected chi connectivity index (χ1v) is 10.1. The summed E-state index contributed by atoms with van der Waals surface area (Å²) in [5.74, 6) is 2.31. The van der Waals surface area contributed by atoms with Gasteiger partial charge in [-0.15, -0.1) is 0 Å². The number of benzene rings is 3. The van der Waals surface area contributed by atoms with E-state index in [0.29, 0.717) is 28.2 Å². The summed E-state index contributed by atoms with van der Waals surface area (Å²) in [5, 5.41) is 4.91. The molecular formula is C25H23N3O4. The van der Waals surface area contributed by atoms with Gasteiger partial charge in [-0.05, 0) is 54.4 Å². The summed E-state index contributed by atoms with van der Waals surface area (Å²) < 4.78 is 17.8. The number of fused-ring (bicyclic) bond motifs is 1. The number of ether oxygens (including phenoxy) is 3. The van der Waals surface area contributed by atoms with Crippen molar-refractivity contribution in [3.8, 4) is 17.2 Å². The van der Waals surface area contributed by atoms with Gasteiger partial charge in [-0.2, -0.15) is 9.78 Å². The van der Waals surface area contributed by atoms with Crippen molar-refractivity contribution in [2.24, 2.45) is 5.10 Å². The summed E-state index contributed by atoms with van der Waals surface area (Å²) in [7, 11) is 3.14. The molecule has 7 heteroatoms. The van der Waals surface area contributed by atoms with E-state index in [1.54, 1.807) is 50.8 Å². The molecule has 0 aliphatic rings. The summed E-state index contributed by atoms with van der Waals surface area (Å²) in [6.45, 7) is 2.06. The number of para-hydroxylation sites is 2. The van der Waals surface area contributed by atoms with Crippen LogP contribution in [0.1, 0.15) is 17.0 Å². The van der Waals surface area contributed by atoms with Gasteiger partial charge < -0.3 is 14.2 Å². The van der Waals surface area contributed by atoms with Crippen LogP contribution in [0.3, 0.4) is 0 Å². The van der Waals surface area contributed by atoms with E-state index in [-0.39, 0.29) is 12.2 Å². The number of nitrogens with zero attached hydrogens (tertiary/aromatic N) is 3. The van der Waals surface area contributed by atoms with Crippen molar-refractivity contribution in [1.82, 2.24) is 9.66 Å². The van der Waals surface area contributed by atoms with Crippen LogP contribution in [0.4, 0.5) is 0 Å². The topological polar surface area (TPSA) is 74.9 Å². The minimum atomic E-state index is -0.268. The minimum Gasteiger partial charge on any atom is -0.493 e. The van der Waals surface area contributed by atoms with E-state index in [1.807, 2.05) is 43.3 Å². The molecule has 0 spiro atoms. The molecule has 0 N–H and O–H groups in total. The van der Waals surface area contributed by atoms with E-state index >= 15 is 0 Å². The number of hydrogen-bond acceptors (Lipinski definition) is 6. The highest BCUT2D eigenvalue weighted by Crippen LogP contribution is 2.27. The Morgan fingerprint density at radius 1 is 0.938 bits per heavy atom. The number of aromatic nitrogens is 2. The lowest BCUT2D eigenvalue weighted by Gasteiger charge is -2.12. The first kappa shape index (κ1) is 21.1.